The Morgan fingerprint density at radius 2 is 1.71 bits per heavy atom. The lowest BCUT2D eigenvalue weighted by molar-refractivity contribution is 0.211. The molecule has 13 heteroatoms. The summed E-state index contributed by atoms with van der Waals surface area (Å²) in [4.78, 5) is 32.8. The number of likely N-dealkylation sites (tertiary alicyclic amines) is 1. The molecule has 1 aliphatic heterocycles. The van der Waals surface area contributed by atoms with Crippen LogP contribution in [0.2, 0.25) is 0 Å². The monoisotopic (exact) mass is 598 g/mol. The van der Waals surface area contributed by atoms with E-state index in [1.807, 2.05) is 41.0 Å². The molecule has 0 saturated carbocycles. The van der Waals surface area contributed by atoms with E-state index in [1.54, 1.807) is 24.5 Å². The van der Waals surface area contributed by atoms with Crippen LogP contribution in [0.15, 0.2) is 79.4 Å². The van der Waals surface area contributed by atoms with Gasteiger partial charge in [0.2, 0.25) is 5.82 Å². The van der Waals surface area contributed by atoms with Crippen molar-refractivity contribution in [1.29, 1.82) is 5.26 Å². The van der Waals surface area contributed by atoms with Crippen molar-refractivity contribution in [1.82, 2.24) is 44.4 Å². The average molecular weight is 599 g/mol. The minimum Gasteiger partial charge on any atom is -0.383 e. The number of nitrogens with zero attached hydrogens (tertiary/aromatic N) is 10. The molecule has 222 valence electrons. The standard InChI is InChI=1S/C32H27FN12/c33-21-17-38-30(39-18-21)25-7-8-26-32(41-25)45(31(42-26)24-2-1-12-37-29(24)35)23-5-3-20(4-6-23)19-44-14-10-22(11-15-44)40-27-9-13-36-28(16-34)43-27/h1-9,12-13,17-18,22H,10-11,14-15,19H2,(H2,35,37)(H,36,40,43). The Kier molecular flexibility index (Phi) is 7.46. The molecule has 45 heavy (non-hydrogen) atoms. The average Bonchev–Trinajstić information content (AvgIpc) is 3.45. The van der Waals surface area contributed by atoms with Crippen molar-refractivity contribution in [3.8, 4) is 34.7 Å². The van der Waals surface area contributed by atoms with Crippen LogP contribution in [0.1, 0.15) is 24.2 Å². The molecule has 0 radical (unpaired) electrons. The van der Waals surface area contributed by atoms with Gasteiger partial charge in [0, 0.05) is 43.8 Å². The molecule has 0 aliphatic carbocycles. The fourth-order valence-electron chi connectivity index (χ4n) is 5.50. The van der Waals surface area contributed by atoms with E-state index in [1.165, 1.54) is 5.56 Å². The molecule has 5 aromatic heterocycles. The number of anilines is 2. The van der Waals surface area contributed by atoms with E-state index < -0.39 is 5.82 Å². The van der Waals surface area contributed by atoms with Gasteiger partial charge in [-0.1, -0.05) is 12.1 Å². The number of fused-ring (bicyclic) bond motifs is 1. The number of hydrogen-bond donors (Lipinski definition) is 2. The van der Waals surface area contributed by atoms with Crippen molar-refractivity contribution < 1.29 is 4.39 Å². The lowest BCUT2D eigenvalue weighted by Crippen LogP contribution is -2.38. The Morgan fingerprint density at radius 1 is 0.911 bits per heavy atom. The largest absolute Gasteiger partial charge is 0.383 e. The van der Waals surface area contributed by atoms with Crippen LogP contribution >= 0.6 is 0 Å². The first-order chi connectivity index (χ1) is 22.0. The summed E-state index contributed by atoms with van der Waals surface area (Å²) in [5, 5.41) is 12.5. The second-order valence-electron chi connectivity index (χ2n) is 10.7. The molecule has 1 saturated heterocycles. The van der Waals surface area contributed by atoms with Crippen LogP contribution in [0, 0.1) is 17.1 Å². The molecular weight excluding hydrogens is 571 g/mol. The smallest absolute Gasteiger partial charge is 0.234 e. The van der Waals surface area contributed by atoms with Crippen molar-refractivity contribution >= 4 is 22.8 Å². The van der Waals surface area contributed by atoms with Crippen molar-refractivity contribution in [3.63, 3.8) is 0 Å². The molecule has 3 N–H and O–H groups in total. The molecule has 1 aromatic carbocycles. The van der Waals surface area contributed by atoms with Gasteiger partial charge in [0.15, 0.2) is 23.1 Å². The molecule has 0 bridgehead atoms. The minimum atomic E-state index is -0.516. The number of aromatic nitrogens is 8. The molecule has 0 spiro atoms. The third kappa shape index (κ3) is 5.86. The highest BCUT2D eigenvalue weighted by Gasteiger charge is 2.21. The zero-order chi connectivity index (χ0) is 30.8. The predicted molar refractivity (Wildman–Crippen MR) is 166 cm³/mol. The van der Waals surface area contributed by atoms with Crippen LogP contribution in [0.3, 0.4) is 0 Å². The molecule has 6 heterocycles. The van der Waals surface area contributed by atoms with Crippen molar-refractivity contribution in [2.75, 3.05) is 24.1 Å². The molecule has 0 amide bonds. The Balaban J connectivity index is 1.13. The summed E-state index contributed by atoms with van der Waals surface area (Å²) in [5.74, 6) is 1.61. The van der Waals surface area contributed by atoms with E-state index in [2.05, 4.69) is 47.3 Å². The molecule has 1 fully saturated rings. The maximum Gasteiger partial charge on any atom is 0.234 e. The van der Waals surface area contributed by atoms with E-state index in [4.69, 9.17) is 21.0 Å². The number of nitrogen functional groups attached to an aromatic ring is 1. The van der Waals surface area contributed by atoms with Crippen LogP contribution in [-0.4, -0.2) is 63.5 Å². The van der Waals surface area contributed by atoms with Crippen LogP contribution < -0.4 is 11.1 Å². The van der Waals surface area contributed by atoms with E-state index >= 15 is 0 Å². The first-order valence-electron chi connectivity index (χ1n) is 14.4. The zero-order valence-electron chi connectivity index (χ0n) is 24.0. The van der Waals surface area contributed by atoms with Gasteiger partial charge in [-0.05, 0) is 60.9 Å². The quantitative estimate of drug-likeness (QED) is 0.268. The van der Waals surface area contributed by atoms with Crippen LogP contribution in [0.4, 0.5) is 16.0 Å². The maximum atomic E-state index is 13.5. The van der Waals surface area contributed by atoms with Crippen molar-refractivity contribution in [2.45, 2.75) is 25.4 Å². The number of rotatable bonds is 7. The normalized spacial score (nSPS) is 14.0. The first kappa shape index (κ1) is 27.9. The summed E-state index contributed by atoms with van der Waals surface area (Å²) in [6.45, 7) is 2.69. The van der Waals surface area contributed by atoms with Gasteiger partial charge in [-0.2, -0.15) is 5.26 Å². The van der Waals surface area contributed by atoms with Gasteiger partial charge in [0.1, 0.15) is 28.9 Å². The van der Waals surface area contributed by atoms with Crippen LogP contribution in [-0.2, 0) is 6.54 Å². The van der Waals surface area contributed by atoms with Crippen molar-refractivity contribution in [2.24, 2.45) is 0 Å². The molecule has 7 rings (SSSR count). The van der Waals surface area contributed by atoms with Gasteiger partial charge < -0.3 is 11.1 Å². The summed E-state index contributed by atoms with van der Waals surface area (Å²) < 4.78 is 15.4. The Labute approximate surface area is 257 Å². The zero-order valence-corrected chi connectivity index (χ0v) is 24.0. The minimum absolute atomic E-state index is 0.165. The second-order valence-corrected chi connectivity index (χ2v) is 10.7. The van der Waals surface area contributed by atoms with Gasteiger partial charge in [0.05, 0.1) is 18.0 Å². The highest BCUT2D eigenvalue weighted by atomic mass is 19.1. The highest BCUT2D eigenvalue weighted by Crippen LogP contribution is 2.31. The fraction of sp³-hybridized carbons (Fsp3) is 0.188. The topological polar surface area (TPSA) is 160 Å². The molecule has 1 aliphatic rings. The number of pyridine rings is 2. The predicted octanol–water partition coefficient (Wildman–Crippen LogP) is 4.40. The number of piperidine rings is 1. The molecule has 6 aromatic rings. The number of benzene rings is 1. The third-order valence-corrected chi connectivity index (χ3v) is 7.73. The second kappa shape index (κ2) is 12.0. The SMILES string of the molecule is N#Cc1nccc(NC2CCN(Cc3ccc(-n4c(-c5cccnc5N)nc5ccc(-c6ncc(F)cn6)nc54)cc3)CC2)n1. The van der Waals surface area contributed by atoms with Crippen LogP contribution in [0.25, 0.3) is 39.8 Å². The number of halogens is 1. The summed E-state index contributed by atoms with van der Waals surface area (Å²) in [7, 11) is 0. The number of nitriles is 1. The van der Waals surface area contributed by atoms with Crippen molar-refractivity contribution in [3.05, 3.63) is 96.6 Å². The number of nitrogens with one attached hydrogen (secondary N) is 1. The lowest BCUT2D eigenvalue weighted by Gasteiger charge is -2.32. The summed E-state index contributed by atoms with van der Waals surface area (Å²) in [6, 6.07) is 19.7. The maximum absolute atomic E-state index is 13.5. The number of hydrogen-bond acceptors (Lipinski definition) is 11. The first-order valence-corrected chi connectivity index (χ1v) is 14.4. The summed E-state index contributed by atoms with van der Waals surface area (Å²) in [6.07, 6.45) is 7.41. The Morgan fingerprint density at radius 3 is 2.47 bits per heavy atom. The Bertz CT molecular complexity index is 2010. The van der Waals surface area contributed by atoms with E-state index in [0.717, 1.165) is 50.6 Å². The summed E-state index contributed by atoms with van der Waals surface area (Å²) in [5.41, 5.74) is 10.7. The molecular formula is C32H27FN12. The number of imidazole rings is 1. The molecule has 0 atom stereocenters. The van der Waals surface area contributed by atoms with Gasteiger partial charge in [-0.3, -0.25) is 9.47 Å². The fourth-order valence-corrected chi connectivity index (χ4v) is 5.50. The van der Waals surface area contributed by atoms with Gasteiger partial charge in [-0.15, -0.1) is 0 Å². The number of nitrogens with two attached hydrogens (primary N) is 1. The van der Waals surface area contributed by atoms with Gasteiger partial charge >= 0.3 is 0 Å². The third-order valence-electron chi connectivity index (χ3n) is 7.73. The van der Waals surface area contributed by atoms with E-state index in [9.17, 15) is 4.39 Å². The van der Waals surface area contributed by atoms with Gasteiger partial charge in [0.25, 0.3) is 0 Å². The molecule has 0 unspecified atom stereocenters. The highest BCUT2D eigenvalue weighted by molar-refractivity contribution is 5.84. The van der Waals surface area contributed by atoms with E-state index in [-0.39, 0.29) is 11.9 Å². The summed E-state index contributed by atoms with van der Waals surface area (Å²) >= 11 is 0. The lowest BCUT2D eigenvalue weighted by atomic mass is 10.0. The molecule has 12 nitrogen and oxygen atoms in total. The van der Waals surface area contributed by atoms with E-state index in [0.29, 0.717) is 45.7 Å². The van der Waals surface area contributed by atoms with Gasteiger partial charge in [-0.25, -0.2) is 39.3 Å². The van der Waals surface area contributed by atoms with Crippen LogP contribution in [0.5, 0.6) is 0 Å². The Hall–Kier alpha value is -5.87.